The fraction of sp³-hybridized carbons (Fsp3) is 0.606. The van der Waals surface area contributed by atoms with Crippen LogP contribution >= 0.6 is 11.8 Å². The third-order valence-corrected chi connectivity index (χ3v) is 10.8. The van der Waals surface area contributed by atoms with Gasteiger partial charge in [-0.1, -0.05) is 55.5 Å². The molecule has 41 heavy (non-hydrogen) atoms. The predicted molar refractivity (Wildman–Crippen MR) is 160 cm³/mol. The van der Waals surface area contributed by atoms with Crippen molar-refractivity contribution < 1.29 is 24.5 Å². The Labute approximate surface area is 247 Å². The summed E-state index contributed by atoms with van der Waals surface area (Å²) >= 11 is 1.69. The molecule has 1 saturated heterocycles. The minimum atomic E-state index is -0.519. The van der Waals surface area contributed by atoms with E-state index >= 15 is 0 Å². The van der Waals surface area contributed by atoms with Gasteiger partial charge in [0.05, 0.1) is 25.4 Å². The average molecular weight is 581 g/mol. The summed E-state index contributed by atoms with van der Waals surface area (Å²) in [5.41, 5.74) is 3.91. The van der Waals surface area contributed by atoms with Crippen LogP contribution in [0.2, 0.25) is 0 Å². The van der Waals surface area contributed by atoms with E-state index in [9.17, 15) is 15.0 Å². The fourth-order valence-corrected chi connectivity index (χ4v) is 9.01. The fourth-order valence-electron chi connectivity index (χ4n) is 8.10. The molecule has 4 N–H and O–H groups in total. The summed E-state index contributed by atoms with van der Waals surface area (Å²) in [6, 6.07) is 16.0. The van der Waals surface area contributed by atoms with Gasteiger partial charge >= 0.3 is 6.03 Å². The lowest BCUT2D eigenvalue weighted by molar-refractivity contribution is -0.268. The van der Waals surface area contributed by atoms with Crippen LogP contribution in [0.5, 0.6) is 0 Å². The summed E-state index contributed by atoms with van der Waals surface area (Å²) in [6.45, 7) is 2.78. The Bertz CT molecular complexity index is 1140. The number of hydrogen-bond donors (Lipinski definition) is 4. The molecule has 222 valence electrons. The second-order valence-corrected chi connectivity index (χ2v) is 14.0. The van der Waals surface area contributed by atoms with Gasteiger partial charge < -0.3 is 30.3 Å². The maximum absolute atomic E-state index is 12.9. The zero-order chi connectivity index (χ0) is 28.4. The molecule has 1 aliphatic heterocycles. The van der Waals surface area contributed by atoms with Crippen molar-refractivity contribution in [2.75, 3.05) is 18.1 Å². The van der Waals surface area contributed by atoms with Gasteiger partial charge in [0.1, 0.15) is 0 Å². The molecule has 1 heterocycles. The van der Waals surface area contributed by atoms with Crippen molar-refractivity contribution in [3.63, 3.8) is 0 Å². The number of rotatable bonds is 10. The highest BCUT2D eigenvalue weighted by atomic mass is 32.2. The number of thioether (sulfide) groups is 1. The number of amides is 2. The molecule has 4 bridgehead atoms. The van der Waals surface area contributed by atoms with Crippen LogP contribution in [0.25, 0.3) is 0 Å². The molecule has 0 unspecified atom stereocenters. The molecule has 7 nitrogen and oxygen atoms in total. The van der Waals surface area contributed by atoms with Crippen LogP contribution in [-0.4, -0.2) is 46.0 Å². The van der Waals surface area contributed by atoms with Gasteiger partial charge in [0.15, 0.2) is 6.29 Å². The molecule has 5 aliphatic rings. The summed E-state index contributed by atoms with van der Waals surface area (Å²) < 4.78 is 13.0. The Hall–Kier alpha value is -2.10. The Morgan fingerprint density at radius 3 is 2.12 bits per heavy atom. The quantitative estimate of drug-likeness (QED) is 0.279. The van der Waals surface area contributed by atoms with Crippen molar-refractivity contribution in [1.29, 1.82) is 0 Å². The molecule has 4 saturated carbocycles. The number of benzene rings is 2. The van der Waals surface area contributed by atoms with Gasteiger partial charge in [0.25, 0.3) is 0 Å². The van der Waals surface area contributed by atoms with E-state index < -0.39 is 6.29 Å². The maximum atomic E-state index is 12.9. The highest BCUT2D eigenvalue weighted by Gasteiger charge is 2.51. The van der Waals surface area contributed by atoms with Crippen LogP contribution in [0.1, 0.15) is 80.1 Å². The average Bonchev–Trinajstić information content (AvgIpc) is 2.96. The van der Waals surface area contributed by atoms with Crippen molar-refractivity contribution in [2.24, 2.45) is 23.7 Å². The van der Waals surface area contributed by atoms with Crippen molar-refractivity contribution >= 4 is 17.8 Å². The zero-order valence-electron chi connectivity index (χ0n) is 24.0. The maximum Gasteiger partial charge on any atom is 0.315 e. The lowest BCUT2D eigenvalue weighted by Gasteiger charge is -2.56. The third kappa shape index (κ3) is 6.62. The van der Waals surface area contributed by atoms with Gasteiger partial charge in [-0.15, -0.1) is 0 Å². The van der Waals surface area contributed by atoms with Crippen molar-refractivity contribution in [1.82, 2.24) is 10.6 Å². The number of aliphatic hydroxyl groups excluding tert-OH is 2. The van der Waals surface area contributed by atoms with E-state index in [-0.39, 0.29) is 42.9 Å². The second-order valence-electron chi connectivity index (χ2n) is 12.9. The van der Waals surface area contributed by atoms with E-state index in [1.807, 2.05) is 48.5 Å². The summed E-state index contributed by atoms with van der Waals surface area (Å²) in [6.07, 6.45) is 6.81. The normalized spacial score (nSPS) is 34.0. The van der Waals surface area contributed by atoms with Crippen molar-refractivity contribution in [3.8, 4) is 0 Å². The van der Waals surface area contributed by atoms with Crippen LogP contribution in [0, 0.1) is 23.7 Å². The number of hydrogen-bond acceptors (Lipinski definition) is 6. The lowest BCUT2D eigenvalue weighted by Crippen LogP contribution is -2.61. The Kier molecular flexibility index (Phi) is 8.94. The van der Waals surface area contributed by atoms with Crippen LogP contribution in [0.15, 0.2) is 48.5 Å². The minimum Gasteiger partial charge on any atom is -0.396 e. The Morgan fingerprint density at radius 1 is 0.902 bits per heavy atom. The molecule has 8 heteroatoms. The summed E-state index contributed by atoms with van der Waals surface area (Å²) in [4.78, 5) is 12.9. The Morgan fingerprint density at radius 2 is 1.51 bits per heavy atom. The second kappa shape index (κ2) is 12.6. The molecule has 2 amide bonds. The molecular formula is C33H44N2O5S. The molecule has 0 radical (unpaired) electrons. The predicted octanol–water partition coefficient (Wildman–Crippen LogP) is 5.46. The number of ether oxygens (including phenoxy) is 2. The van der Waals surface area contributed by atoms with Gasteiger partial charge in [0, 0.05) is 35.1 Å². The van der Waals surface area contributed by atoms with Crippen LogP contribution < -0.4 is 10.6 Å². The van der Waals surface area contributed by atoms with E-state index in [1.54, 1.807) is 11.8 Å². The van der Waals surface area contributed by atoms with Crippen molar-refractivity contribution in [2.45, 2.75) is 82.6 Å². The molecule has 0 aromatic heterocycles. The standard InChI is InChI=1S/C33H44N2O5S/c1-21-29(20-41-11-10-36)39-31(40-30(21)27-6-4-23(19-37)5-7-27)28-8-2-22(3-9-28)18-34-32(38)35-33-15-24-12-25(16-33)14-26(13-24)17-33/h2-9,21,24-26,29-31,36-37H,10-20H2,1H3,(H2,34,35,38)/t21-,24?,25?,26?,29+,30+,31+,33?/m0/s1. The highest BCUT2D eigenvalue weighted by molar-refractivity contribution is 7.99. The topological polar surface area (TPSA) is 100 Å². The third-order valence-electron chi connectivity index (χ3n) is 9.76. The Balaban J connectivity index is 1.08. The van der Waals surface area contributed by atoms with E-state index in [2.05, 4.69) is 17.6 Å². The molecule has 0 spiro atoms. The first-order chi connectivity index (χ1) is 19.9. The molecule has 2 aromatic carbocycles. The van der Waals surface area contributed by atoms with E-state index in [0.29, 0.717) is 12.3 Å². The number of carbonyl (C=O) groups excluding carboxylic acids is 1. The van der Waals surface area contributed by atoms with Crippen LogP contribution in [0.4, 0.5) is 4.79 Å². The number of aliphatic hydroxyl groups is 2. The van der Waals surface area contributed by atoms with Crippen molar-refractivity contribution in [3.05, 3.63) is 70.8 Å². The molecule has 4 aliphatic carbocycles. The zero-order valence-corrected chi connectivity index (χ0v) is 24.8. The first-order valence-corrected chi connectivity index (χ1v) is 16.4. The summed E-state index contributed by atoms with van der Waals surface area (Å²) in [5.74, 6) is 3.96. The molecule has 7 rings (SSSR count). The monoisotopic (exact) mass is 580 g/mol. The van der Waals surface area contributed by atoms with Gasteiger partial charge in [-0.05, 0) is 73.0 Å². The van der Waals surface area contributed by atoms with Gasteiger partial charge in [0.2, 0.25) is 0 Å². The molecular weight excluding hydrogens is 536 g/mol. The smallest absolute Gasteiger partial charge is 0.315 e. The van der Waals surface area contributed by atoms with E-state index in [0.717, 1.165) is 65.0 Å². The molecule has 2 aromatic rings. The van der Waals surface area contributed by atoms with Crippen LogP contribution in [0.3, 0.4) is 0 Å². The summed E-state index contributed by atoms with van der Waals surface area (Å²) in [5, 5.41) is 25.2. The number of nitrogens with one attached hydrogen (secondary N) is 2. The first-order valence-electron chi connectivity index (χ1n) is 15.3. The van der Waals surface area contributed by atoms with Gasteiger partial charge in [-0.3, -0.25) is 0 Å². The molecule has 5 fully saturated rings. The highest BCUT2D eigenvalue weighted by Crippen LogP contribution is 2.55. The van der Waals surface area contributed by atoms with E-state index in [4.69, 9.17) is 9.47 Å². The summed E-state index contributed by atoms with van der Waals surface area (Å²) in [7, 11) is 0. The number of urea groups is 1. The first kappa shape index (κ1) is 29.0. The largest absolute Gasteiger partial charge is 0.396 e. The lowest BCUT2D eigenvalue weighted by atomic mass is 9.53. The number of carbonyl (C=O) groups is 1. The SMILES string of the molecule is C[C@H]1[C@@H](CSCCO)O[C@@H](c2ccc(CNC(=O)NC34CC5CC(CC(C5)C3)C4)cc2)O[C@H]1c1ccc(CO)cc1. The van der Waals surface area contributed by atoms with Gasteiger partial charge in [-0.2, -0.15) is 11.8 Å². The van der Waals surface area contributed by atoms with Crippen LogP contribution in [-0.2, 0) is 22.6 Å². The minimum absolute atomic E-state index is 0.0104. The molecule has 4 atom stereocenters. The van der Waals surface area contributed by atoms with Gasteiger partial charge in [-0.25, -0.2) is 4.79 Å². The van der Waals surface area contributed by atoms with E-state index in [1.165, 1.54) is 19.3 Å².